The van der Waals surface area contributed by atoms with Crippen molar-refractivity contribution in [3.8, 4) is 5.75 Å². The van der Waals surface area contributed by atoms with Crippen LogP contribution in [0.4, 0.5) is 5.69 Å². The standard InChI is InChI=1S/C18H17BrCl3NO2/c1-10-8-15(17(19)11(2)18(10)22)25-7-3-4-16(24)23-14-6-5-12(20)9-13(14)21/h5-6,8-9H,3-4,7H2,1-2H3,(H,23,24). The van der Waals surface area contributed by atoms with Crippen LogP contribution in [0.25, 0.3) is 0 Å². The van der Waals surface area contributed by atoms with Gasteiger partial charge in [0.1, 0.15) is 5.75 Å². The Labute approximate surface area is 170 Å². The number of carbonyl (C=O) groups is 1. The Balaban J connectivity index is 1.84. The minimum atomic E-state index is -0.129. The maximum Gasteiger partial charge on any atom is 0.224 e. The van der Waals surface area contributed by atoms with Crippen LogP contribution in [0.1, 0.15) is 24.0 Å². The number of rotatable bonds is 6. The number of halogens is 4. The van der Waals surface area contributed by atoms with Gasteiger partial charge in [-0.15, -0.1) is 0 Å². The van der Waals surface area contributed by atoms with Crippen LogP contribution in [0.15, 0.2) is 28.7 Å². The molecule has 0 aromatic heterocycles. The second-order valence-electron chi connectivity index (χ2n) is 5.57. The molecule has 2 aromatic carbocycles. The van der Waals surface area contributed by atoms with Gasteiger partial charge in [0.25, 0.3) is 0 Å². The van der Waals surface area contributed by atoms with E-state index in [0.717, 1.165) is 26.4 Å². The molecule has 25 heavy (non-hydrogen) atoms. The Hall–Kier alpha value is -0.940. The average Bonchev–Trinajstić information content (AvgIpc) is 2.56. The van der Waals surface area contributed by atoms with Crippen molar-refractivity contribution in [2.24, 2.45) is 0 Å². The number of ether oxygens (including phenoxy) is 1. The third-order valence-corrected chi connectivity index (χ3v) is 5.69. The van der Waals surface area contributed by atoms with E-state index >= 15 is 0 Å². The van der Waals surface area contributed by atoms with Gasteiger partial charge in [-0.25, -0.2) is 0 Å². The maximum atomic E-state index is 12.0. The summed E-state index contributed by atoms with van der Waals surface area (Å²) in [6.07, 6.45) is 0.895. The smallest absolute Gasteiger partial charge is 0.224 e. The number of hydrogen-bond donors (Lipinski definition) is 1. The van der Waals surface area contributed by atoms with Crippen LogP contribution in [0.2, 0.25) is 15.1 Å². The van der Waals surface area contributed by atoms with Crippen LogP contribution in [0.3, 0.4) is 0 Å². The van der Waals surface area contributed by atoms with Crippen LogP contribution in [0.5, 0.6) is 5.75 Å². The Kier molecular flexibility index (Phi) is 7.44. The molecule has 0 saturated heterocycles. The van der Waals surface area contributed by atoms with Crippen LogP contribution in [-0.4, -0.2) is 12.5 Å². The molecule has 2 aromatic rings. The molecule has 1 N–H and O–H groups in total. The molecule has 0 unspecified atom stereocenters. The van der Waals surface area contributed by atoms with Crippen molar-refractivity contribution < 1.29 is 9.53 Å². The molecule has 0 radical (unpaired) electrons. The van der Waals surface area contributed by atoms with Crippen molar-refractivity contribution in [3.63, 3.8) is 0 Å². The third kappa shape index (κ3) is 5.52. The van der Waals surface area contributed by atoms with Gasteiger partial charge >= 0.3 is 0 Å². The van der Waals surface area contributed by atoms with Crippen molar-refractivity contribution in [1.29, 1.82) is 0 Å². The average molecular weight is 466 g/mol. The predicted molar refractivity (Wildman–Crippen MR) is 108 cm³/mol. The first-order chi connectivity index (χ1) is 11.8. The van der Waals surface area contributed by atoms with Crippen LogP contribution >= 0.6 is 50.7 Å². The lowest BCUT2D eigenvalue weighted by molar-refractivity contribution is -0.116. The summed E-state index contributed by atoms with van der Waals surface area (Å²) in [4.78, 5) is 12.0. The van der Waals surface area contributed by atoms with Gasteiger partial charge in [0.05, 0.1) is 21.8 Å². The molecule has 0 atom stereocenters. The summed E-state index contributed by atoms with van der Waals surface area (Å²) in [7, 11) is 0. The van der Waals surface area contributed by atoms with Crippen molar-refractivity contribution in [2.45, 2.75) is 26.7 Å². The molecule has 0 spiro atoms. The SMILES string of the molecule is Cc1cc(OCCCC(=O)Nc2ccc(Cl)cc2Cl)c(Br)c(C)c1Cl. The lowest BCUT2D eigenvalue weighted by Crippen LogP contribution is -2.13. The second-order valence-corrected chi connectivity index (χ2v) is 7.58. The first kappa shape index (κ1) is 20.4. The molecule has 0 heterocycles. The molecule has 0 aliphatic carbocycles. The van der Waals surface area contributed by atoms with Gasteiger partial charge in [-0.1, -0.05) is 34.8 Å². The van der Waals surface area contributed by atoms with Gasteiger partial charge in [0.2, 0.25) is 5.91 Å². The predicted octanol–water partition coefficient (Wildman–Crippen LogP) is 6.82. The molecule has 0 bridgehead atoms. The lowest BCUT2D eigenvalue weighted by atomic mass is 10.1. The number of nitrogens with one attached hydrogen (secondary N) is 1. The molecule has 0 aliphatic heterocycles. The van der Waals surface area contributed by atoms with Crippen molar-refractivity contribution in [3.05, 3.63) is 54.9 Å². The Morgan fingerprint density at radius 1 is 1.20 bits per heavy atom. The van der Waals surface area contributed by atoms with Crippen molar-refractivity contribution in [2.75, 3.05) is 11.9 Å². The zero-order valence-electron chi connectivity index (χ0n) is 13.8. The van der Waals surface area contributed by atoms with Crippen LogP contribution < -0.4 is 10.1 Å². The summed E-state index contributed by atoms with van der Waals surface area (Å²) < 4.78 is 6.60. The van der Waals surface area contributed by atoms with E-state index in [0.29, 0.717) is 35.2 Å². The van der Waals surface area contributed by atoms with E-state index in [1.165, 1.54) is 0 Å². The monoisotopic (exact) mass is 463 g/mol. The Morgan fingerprint density at radius 3 is 2.60 bits per heavy atom. The minimum Gasteiger partial charge on any atom is -0.492 e. The molecule has 2 rings (SSSR count). The molecule has 134 valence electrons. The van der Waals surface area contributed by atoms with E-state index in [1.54, 1.807) is 18.2 Å². The van der Waals surface area contributed by atoms with Crippen molar-refractivity contribution in [1.82, 2.24) is 0 Å². The fourth-order valence-electron chi connectivity index (χ4n) is 2.22. The second kappa shape index (κ2) is 9.13. The topological polar surface area (TPSA) is 38.3 Å². The lowest BCUT2D eigenvalue weighted by Gasteiger charge is -2.13. The van der Waals surface area contributed by atoms with Gasteiger partial charge in [-0.2, -0.15) is 0 Å². The molecular formula is C18H17BrCl3NO2. The first-order valence-corrected chi connectivity index (χ1v) is 9.55. The fourth-order valence-corrected chi connectivity index (χ4v) is 3.37. The molecule has 3 nitrogen and oxygen atoms in total. The summed E-state index contributed by atoms with van der Waals surface area (Å²) in [5, 5.41) is 4.42. The highest BCUT2D eigenvalue weighted by molar-refractivity contribution is 9.10. The van der Waals surface area contributed by atoms with Crippen LogP contribution in [0, 0.1) is 13.8 Å². The molecule has 0 aliphatic rings. The van der Waals surface area contributed by atoms with Gasteiger partial charge < -0.3 is 10.1 Å². The minimum absolute atomic E-state index is 0.129. The number of aryl methyl sites for hydroxylation is 1. The Morgan fingerprint density at radius 2 is 1.92 bits per heavy atom. The van der Waals surface area contributed by atoms with E-state index in [1.807, 2.05) is 19.9 Å². The summed E-state index contributed by atoms with van der Waals surface area (Å²) >= 11 is 21.6. The fraction of sp³-hybridized carbons (Fsp3) is 0.278. The van der Waals surface area contributed by atoms with E-state index < -0.39 is 0 Å². The number of amides is 1. The van der Waals surface area contributed by atoms with E-state index in [9.17, 15) is 4.79 Å². The highest BCUT2D eigenvalue weighted by Gasteiger charge is 2.11. The zero-order valence-corrected chi connectivity index (χ0v) is 17.6. The van der Waals surface area contributed by atoms with Crippen molar-refractivity contribution >= 4 is 62.3 Å². The normalized spacial score (nSPS) is 10.6. The Bertz CT molecular complexity index is 796. The third-order valence-electron chi connectivity index (χ3n) is 3.58. The van der Waals surface area contributed by atoms with E-state index in [-0.39, 0.29) is 5.91 Å². The quantitative estimate of drug-likeness (QED) is 0.475. The summed E-state index contributed by atoms with van der Waals surface area (Å²) in [6, 6.07) is 6.82. The summed E-state index contributed by atoms with van der Waals surface area (Å²) in [5.41, 5.74) is 2.43. The molecule has 1 amide bonds. The van der Waals surface area contributed by atoms with Gasteiger partial charge in [0.15, 0.2) is 0 Å². The molecular weight excluding hydrogens is 448 g/mol. The summed E-state index contributed by atoms with van der Waals surface area (Å²) in [5.74, 6) is 0.593. The van der Waals surface area contributed by atoms with Gasteiger partial charge in [-0.05, 0) is 71.6 Å². The molecule has 0 fully saturated rings. The number of benzene rings is 2. The maximum absolute atomic E-state index is 12.0. The number of anilines is 1. The largest absolute Gasteiger partial charge is 0.492 e. The summed E-state index contributed by atoms with van der Waals surface area (Å²) in [6.45, 7) is 4.27. The highest BCUT2D eigenvalue weighted by Crippen LogP contribution is 2.35. The molecule has 0 saturated carbocycles. The van der Waals surface area contributed by atoms with E-state index in [2.05, 4.69) is 21.2 Å². The van der Waals surface area contributed by atoms with E-state index in [4.69, 9.17) is 39.5 Å². The first-order valence-electron chi connectivity index (χ1n) is 7.62. The number of carbonyl (C=O) groups excluding carboxylic acids is 1. The van der Waals surface area contributed by atoms with Crippen LogP contribution in [-0.2, 0) is 4.79 Å². The molecule has 7 heteroatoms. The zero-order chi connectivity index (χ0) is 18.6. The highest BCUT2D eigenvalue weighted by atomic mass is 79.9. The number of hydrogen-bond acceptors (Lipinski definition) is 2. The van der Waals surface area contributed by atoms with Gasteiger partial charge in [0, 0.05) is 16.5 Å². The van der Waals surface area contributed by atoms with Gasteiger partial charge in [-0.3, -0.25) is 4.79 Å².